The summed E-state index contributed by atoms with van der Waals surface area (Å²) in [5.41, 5.74) is 0. The molecule has 0 unspecified atom stereocenters. The third-order valence-electron chi connectivity index (χ3n) is 2.79. The van der Waals surface area contributed by atoms with Crippen molar-refractivity contribution in [3.05, 3.63) is 0 Å². The Morgan fingerprint density at radius 1 is 1.33 bits per heavy atom. The molecule has 0 aliphatic heterocycles. The van der Waals surface area contributed by atoms with Crippen LogP contribution in [0.15, 0.2) is 0 Å². The Labute approximate surface area is 123 Å². The number of rotatable bonds is 10. The fourth-order valence-electron chi connectivity index (χ4n) is 1.59. The molecule has 7 nitrogen and oxygen atoms in total. The second-order valence-electron chi connectivity index (χ2n) is 5.27. The maximum absolute atomic E-state index is 11.9. The summed E-state index contributed by atoms with van der Waals surface area (Å²) in [4.78, 5) is 34.7. The number of carbonyl (C=O) groups excluding carboxylic acids is 3. The van der Waals surface area contributed by atoms with Gasteiger partial charge in [0.25, 0.3) is 0 Å². The molecule has 2 N–H and O–H groups in total. The third kappa shape index (κ3) is 7.55. The van der Waals surface area contributed by atoms with E-state index < -0.39 is 23.7 Å². The maximum Gasteiger partial charge on any atom is 0.328 e. The Kier molecular flexibility index (Phi) is 7.01. The highest BCUT2D eigenvalue weighted by atomic mass is 16.5. The van der Waals surface area contributed by atoms with Crippen LogP contribution in [0.1, 0.15) is 39.5 Å². The molecular formula is C14H22N2O5. The normalized spacial score (nSPS) is 15.4. The molecule has 7 heteroatoms. The number of hydrogen-bond acceptors (Lipinski definition) is 6. The molecule has 0 aromatic carbocycles. The first-order chi connectivity index (χ1) is 9.92. The minimum Gasteiger partial charge on any atom is -0.461 e. The average molecular weight is 298 g/mol. The van der Waals surface area contributed by atoms with Gasteiger partial charge in [0.1, 0.15) is 12.6 Å². The summed E-state index contributed by atoms with van der Waals surface area (Å²) < 4.78 is 10.3. The zero-order valence-corrected chi connectivity index (χ0v) is 12.4. The van der Waals surface area contributed by atoms with Crippen LogP contribution in [0.3, 0.4) is 0 Å². The van der Waals surface area contributed by atoms with Crippen molar-refractivity contribution in [1.29, 1.82) is 5.41 Å². The molecule has 1 fully saturated rings. The van der Waals surface area contributed by atoms with E-state index in [0.717, 1.165) is 12.8 Å². The average Bonchev–Trinajstić information content (AvgIpc) is 3.23. The maximum atomic E-state index is 11.9. The molecule has 1 amide bonds. The molecule has 0 heterocycles. The zero-order chi connectivity index (χ0) is 15.8. The van der Waals surface area contributed by atoms with Crippen molar-refractivity contribution in [3.63, 3.8) is 0 Å². The van der Waals surface area contributed by atoms with E-state index in [1.54, 1.807) is 13.8 Å². The Morgan fingerprint density at radius 3 is 2.52 bits per heavy atom. The molecule has 1 saturated carbocycles. The van der Waals surface area contributed by atoms with E-state index in [4.69, 9.17) is 14.9 Å². The van der Waals surface area contributed by atoms with Gasteiger partial charge in [-0.2, -0.15) is 0 Å². The van der Waals surface area contributed by atoms with Gasteiger partial charge in [-0.25, -0.2) is 4.79 Å². The summed E-state index contributed by atoms with van der Waals surface area (Å²) in [7, 11) is 0. The van der Waals surface area contributed by atoms with Crippen LogP contribution >= 0.6 is 0 Å². The molecule has 1 rings (SSSR count). The van der Waals surface area contributed by atoms with Gasteiger partial charge in [0.05, 0.1) is 18.4 Å². The lowest BCUT2D eigenvalue weighted by Crippen LogP contribution is -2.44. The van der Waals surface area contributed by atoms with Crippen LogP contribution < -0.4 is 5.32 Å². The van der Waals surface area contributed by atoms with Gasteiger partial charge in [-0.1, -0.05) is 0 Å². The predicted molar refractivity (Wildman–Crippen MR) is 75.2 cm³/mol. The lowest BCUT2D eigenvalue weighted by atomic mass is 10.1. The van der Waals surface area contributed by atoms with Gasteiger partial charge in [-0.3, -0.25) is 9.59 Å². The summed E-state index contributed by atoms with van der Waals surface area (Å²) in [6, 6.07) is -0.897. The first-order valence-electron chi connectivity index (χ1n) is 7.07. The van der Waals surface area contributed by atoms with Crippen LogP contribution in [0, 0.1) is 5.41 Å². The fraction of sp³-hybridized carbons (Fsp3) is 0.714. The molecule has 21 heavy (non-hydrogen) atoms. The first kappa shape index (κ1) is 17.3. The van der Waals surface area contributed by atoms with E-state index in [0.29, 0.717) is 6.21 Å². The smallest absolute Gasteiger partial charge is 0.328 e. The molecule has 0 saturated heterocycles. The standard InChI is InChI=1S/C14H22N2O5/c1-9(2)21-14(19)12(6-3-10(17)7-15)16-13(18)8-20-11-4-5-11/h7,9,11-12,15H,3-6,8H2,1-2H3,(H,16,18)/t12-/m0/s1. The molecule has 0 bridgehead atoms. The van der Waals surface area contributed by atoms with Gasteiger partial charge in [0.2, 0.25) is 5.91 Å². The van der Waals surface area contributed by atoms with Crippen LogP contribution in [0.5, 0.6) is 0 Å². The van der Waals surface area contributed by atoms with Crippen molar-refractivity contribution < 1.29 is 23.9 Å². The number of hydrogen-bond donors (Lipinski definition) is 2. The van der Waals surface area contributed by atoms with E-state index in [9.17, 15) is 14.4 Å². The lowest BCUT2D eigenvalue weighted by molar-refractivity contribution is -0.152. The minimum absolute atomic E-state index is 0.00508. The monoisotopic (exact) mass is 298 g/mol. The summed E-state index contributed by atoms with van der Waals surface area (Å²) in [6.45, 7) is 3.31. The van der Waals surface area contributed by atoms with Crippen molar-refractivity contribution in [2.45, 2.75) is 57.8 Å². The Bertz CT molecular complexity index is 404. The molecule has 118 valence electrons. The van der Waals surface area contributed by atoms with Crippen molar-refractivity contribution in [2.75, 3.05) is 6.61 Å². The van der Waals surface area contributed by atoms with Crippen LogP contribution in [0.25, 0.3) is 0 Å². The number of ketones is 1. The molecule has 0 aromatic rings. The van der Waals surface area contributed by atoms with E-state index in [-0.39, 0.29) is 31.7 Å². The summed E-state index contributed by atoms with van der Waals surface area (Å²) in [5, 5.41) is 9.36. The van der Waals surface area contributed by atoms with Crippen molar-refractivity contribution in [2.24, 2.45) is 0 Å². The van der Waals surface area contributed by atoms with Crippen LogP contribution in [-0.4, -0.2) is 48.7 Å². The molecule has 0 spiro atoms. The quantitative estimate of drug-likeness (QED) is 0.454. The van der Waals surface area contributed by atoms with Crippen molar-refractivity contribution in [3.8, 4) is 0 Å². The lowest BCUT2D eigenvalue weighted by Gasteiger charge is -2.18. The topological polar surface area (TPSA) is 106 Å². The van der Waals surface area contributed by atoms with Crippen LogP contribution in [-0.2, 0) is 23.9 Å². The molecule has 0 radical (unpaired) electrons. The molecule has 1 atom stereocenters. The highest BCUT2D eigenvalue weighted by Crippen LogP contribution is 2.22. The first-order valence-corrected chi connectivity index (χ1v) is 7.07. The number of ether oxygens (including phenoxy) is 2. The molecule has 1 aliphatic carbocycles. The Morgan fingerprint density at radius 2 is 2.00 bits per heavy atom. The van der Waals surface area contributed by atoms with E-state index in [2.05, 4.69) is 5.32 Å². The summed E-state index contributed by atoms with van der Waals surface area (Å²) >= 11 is 0. The van der Waals surface area contributed by atoms with Crippen LogP contribution in [0.4, 0.5) is 0 Å². The van der Waals surface area contributed by atoms with Gasteiger partial charge in [0, 0.05) is 6.42 Å². The second kappa shape index (κ2) is 8.51. The Balaban J connectivity index is 2.47. The van der Waals surface area contributed by atoms with Gasteiger partial charge in [-0.15, -0.1) is 0 Å². The largest absolute Gasteiger partial charge is 0.461 e. The van der Waals surface area contributed by atoms with Gasteiger partial charge in [0.15, 0.2) is 5.78 Å². The van der Waals surface area contributed by atoms with Gasteiger partial charge < -0.3 is 20.2 Å². The van der Waals surface area contributed by atoms with Crippen molar-refractivity contribution in [1.82, 2.24) is 5.32 Å². The van der Waals surface area contributed by atoms with Crippen molar-refractivity contribution >= 4 is 23.9 Å². The minimum atomic E-state index is -0.897. The SMILES string of the molecule is CC(C)OC(=O)[C@H](CCC(=O)C=N)NC(=O)COC1CC1. The number of amides is 1. The predicted octanol–water partition coefficient (Wildman–Crippen LogP) is 0.601. The van der Waals surface area contributed by atoms with Crippen LogP contribution in [0.2, 0.25) is 0 Å². The highest BCUT2D eigenvalue weighted by Gasteiger charge is 2.26. The van der Waals surface area contributed by atoms with Gasteiger partial charge in [-0.05, 0) is 33.1 Å². The number of nitrogens with one attached hydrogen (secondary N) is 2. The number of esters is 1. The number of Topliss-reactive ketones (excluding diaryl/α,β-unsaturated/α-hetero) is 1. The second-order valence-corrected chi connectivity index (χ2v) is 5.27. The molecule has 0 aromatic heterocycles. The molecular weight excluding hydrogens is 276 g/mol. The summed E-state index contributed by atoms with van der Waals surface area (Å²) in [5.74, 6) is -1.39. The van der Waals surface area contributed by atoms with E-state index in [1.165, 1.54) is 0 Å². The fourth-order valence-corrected chi connectivity index (χ4v) is 1.59. The highest BCUT2D eigenvalue weighted by molar-refractivity contribution is 6.26. The summed E-state index contributed by atoms with van der Waals surface area (Å²) in [6.07, 6.45) is 2.57. The van der Waals surface area contributed by atoms with Gasteiger partial charge >= 0.3 is 5.97 Å². The Hall–Kier alpha value is -1.76. The zero-order valence-electron chi connectivity index (χ0n) is 12.4. The third-order valence-corrected chi connectivity index (χ3v) is 2.79. The number of carbonyl (C=O) groups is 3. The molecule has 1 aliphatic rings. The van der Waals surface area contributed by atoms with E-state index >= 15 is 0 Å². The van der Waals surface area contributed by atoms with E-state index in [1.807, 2.05) is 0 Å².